The minimum Gasteiger partial charge on any atom is -0.480 e. The third kappa shape index (κ3) is 3.93. The van der Waals surface area contributed by atoms with Crippen molar-refractivity contribution in [2.24, 2.45) is 0 Å². The van der Waals surface area contributed by atoms with Gasteiger partial charge in [0, 0.05) is 17.7 Å². The number of rotatable bonds is 5. The maximum absolute atomic E-state index is 12.6. The minimum absolute atomic E-state index is 0.0608. The van der Waals surface area contributed by atoms with E-state index in [4.69, 9.17) is 9.26 Å². The van der Waals surface area contributed by atoms with Crippen LogP contribution in [-0.2, 0) is 9.53 Å². The van der Waals surface area contributed by atoms with Crippen molar-refractivity contribution in [3.05, 3.63) is 71.4 Å². The first kappa shape index (κ1) is 21.1. The van der Waals surface area contributed by atoms with Gasteiger partial charge < -0.3 is 19.3 Å². The number of carbonyl (C=O) groups excluding carboxylic acids is 2. The molecule has 2 heterocycles. The molecule has 2 aliphatic rings. The first-order chi connectivity index (χ1) is 16.0. The van der Waals surface area contributed by atoms with E-state index in [1.165, 1.54) is 22.7 Å². The first-order valence-electron chi connectivity index (χ1n) is 10.2. The molecule has 2 aromatic carbocycles. The Morgan fingerprint density at radius 1 is 1.12 bits per heavy atom. The van der Waals surface area contributed by atoms with Crippen LogP contribution in [0.4, 0.5) is 10.7 Å². The molecule has 1 aliphatic carbocycles. The molecule has 10 heteroatoms. The van der Waals surface area contributed by atoms with Gasteiger partial charge in [-0.3, -0.25) is 10.1 Å². The van der Waals surface area contributed by atoms with Gasteiger partial charge in [0.25, 0.3) is 5.91 Å². The Morgan fingerprint density at radius 3 is 2.45 bits per heavy atom. The number of anilines is 1. The van der Waals surface area contributed by atoms with Crippen LogP contribution < -0.4 is 5.32 Å². The number of ether oxygens (including phenoxy) is 1. The molecule has 2 amide bonds. The molecule has 0 bridgehead atoms. The van der Waals surface area contributed by atoms with Crippen LogP contribution in [0.25, 0.3) is 11.1 Å². The van der Waals surface area contributed by atoms with Crippen molar-refractivity contribution in [1.82, 2.24) is 10.1 Å². The molecule has 1 aliphatic heterocycles. The Kier molecular flexibility index (Phi) is 5.51. The van der Waals surface area contributed by atoms with Crippen molar-refractivity contribution in [3.63, 3.8) is 0 Å². The van der Waals surface area contributed by atoms with Gasteiger partial charge in [0.1, 0.15) is 12.6 Å². The van der Waals surface area contributed by atoms with Gasteiger partial charge in [-0.05, 0) is 22.3 Å². The number of nitrogens with one attached hydrogen (secondary N) is 1. The number of carbonyl (C=O) groups is 3. The van der Waals surface area contributed by atoms with Crippen molar-refractivity contribution < 1.29 is 28.8 Å². The number of hydrogen-bond donors (Lipinski definition) is 2. The van der Waals surface area contributed by atoms with Crippen LogP contribution in [0.5, 0.6) is 0 Å². The number of hydrogen-bond acceptors (Lipinski definition) is 7. The molecule has 9 nitrogen and oxygen atoms in total. The molecule has 0 spiro atoms. The molecule has 1 aromatic heterocycles. The lowest BCUT2D eigenvalue weighted by Crippen LogP contribution is -2.41. The fraction of sp³-hybridized carbons (Fsp3) is 0.217. The summed E-state index contributed by atoms with van der Waals surface area (Å²) in [6.45, 7) is 0.130. The van der Waals surface area contributed by atoms with Crippen LogP contribution in [0.1, 0.15) is 27.5 Å². The Labute approximate surface area is 192 Å². The normalized spacial score (nSPS) is 16.8. The highest BCUT2D eigenvalue weighted by Crippen LogP contribution is 2.44. The van der Waals surface area contributed by atoms with E-state index in [9.17, 15) is 19.5 Å². The summed E-state index contributed by atoms with van der Waals surface area (Å²) in [4.78, 5) is 37.5. The zero-order valence-corrected chi connectivity index (χ0v) is 18.1. The lowest BCUT2D eigenvalue weighted by atomic mass is 9.98. The fourth-order valence-corrected chi connectivity index (χ4v) is 5.31. The fourth-order valence-electron chi connectivity index (χ4n) is 4.16. The molecule has 2 N–H and O–H groups in total. The van der Waals surface area contributed by atoms with Crippen LogP contribution in [-0.4, -0.2) is 57.4 Å². The summed E-state index contributed by atoms with van der Waals surface area (Å²) in [5, 5.41) is 15.3. The van der Waals surface area contributed by atoms with Crippen molar-refractivity contribution >= 4 is 35.6 Å². The van der Waals surface area contributed by atoms with Gasteiger partial charge in [-0.15, -0.1) is 11.8 Å². The van der Waals surface area contributed by atoms with Gasteiger partial charge in [0.2, 0.25) is 5.88 Å². The summed E-state index contributed by atoms with van der Waals surface area (Å²) in [6.07, 6.45) is -0.743. The Hall–Kier alpha value is -3.79. The molecule has 1 saturated heterocycles. The smallest absolute Gasteiger partial charge is 0.414 e. The lowest BCUT2D eigenvalue weighted by Gasteiger charge is -2.18. The summed E-state index contributed by atoms with van der Waals surface area (Å²) in [5.41, 5.74) is 4.35. The maximum atomic E-state index is 12.6. The molecule has 33 heavy (non-hydrogen) atoms. The molecule has 0 saturated carbocycles. The number of thioether (sulfide) groups is 1. The van der Waals surface area contributed by atoms with Crippen molar-refractivity contribution in [3.8, 4) is 11.1 Å². The van der Waals surface area contributed by atoms with Crippen LogP contribution in [0.3, 0.4) is 0 Å². The average molecular weight is 465 g/mol. The van der Waals surface area contributed by atoms with E-state index in [1.54, 1.807) is 0 Å². The molecule has 1 fully saturated rings. The van der Waals surface area contributed by atoms with Gasteiger partial charge in [-0.2, -0.15) is 0 Å². The zero-order valence-electron chi connectivity index (χ0n) is 17.3. The number of aliphatic carboxylic acids is 1. The summed E-state index contributed by atoms with van der Waals surface area (Å²) in [6, 6.07) is 16.4. The van der Waals surface area contributed by atoms with Crippen molar-refractivity contribution in [2.75, 3.05) is 23.6 Å². The second kappa shape index (κ2) is 8.62. The average Bonchev–Trinajstić information content (AvgIpc) is 3.55. The van der Waals surface area contributed by atoms with Gasteiger partial charge in [-0.1, -0.05) is 53.7 Å². The first-order valence-corrected chi connectivity index (χ1v) is 11.4. The van der Waals surface area contributed by atoms with Crippen molar-refractivity contribution in [2.45, 2.75) is 12.0 Å². The number of carboxylic acid groups (broad SMARTS) is 1. The predicted octanol–water partition coefficient (Wildman–Crippen LogP) is 3.64. The largest absolute Gasteiger partial charge is 0.480 e. The molecule has 3 aromatic rings. The van der Waals surface area contributed by atoms with Crippen LogP contribution >= 0.6 is 11.8 Å². The molecule has 168 valence electrons. The van der Waals surface area contributed by atoms with Crippen molar-refractivity contribution in [1.29, 1.82) is 0 Å². The van der Waals surface area contributed by atoms with Crippen LogP contribution in [0.2, 0.25) is 0 Å². The monoisotopic (exact) mass is 465 g/mol. The maximum Gasteiger partial charge on any atom is 0.414 e. The second-order valence-corrected chi connectivity index (χ2v) is 8.66. The van der Waals surface area contributed by atoms with E-state index in [2.05, 4.69) is 22.6 Å². The molecular weight excluding hydrogens is 446 g/mol. The summed E-state index contributed by atoms with van der Waals surface area (Å²) in [7, 11) is 0. The molecule has 1 atom stereocenters. The van der Waals surface area contributed by atoms with E-state index in [0.717, 1.165) is 22.3 Å². The van der Waals surface area contributed by atoms with Gasteiger partial charge in [0.05, 0.1) is 5.88 Å². The summed E-state index contributed by atoms with van der Waals surface area (Å²) in [5.74, 6) is -1.24. The second-order valence-electron chi connectivity index (χ2n) is 7.66. The Bertz CT molecular complexity index is 1200. The Morgan fingerprint density at radius 2 is 1.79 bits per heavy atom. The van der Waals surface area contributed by atoms with Gasteiger partial charge in [-0.25, -0.2) is 9.59 Å². The number of benzene rings is 2. The van der Waals surface area contributed by atoms with E-state index in [1.807, 2.05) is 36.4 Å². The molecular formula is C23H19N3O6S. The third-order valence-electron chi connectivity index (χ3n) is 5.73. The molecule has 0 radical (unpaired) electrons. The lowest BCUT2D eigenvalue weighted by molar-refractivity contribution is -0.140. The number of fused-ring (bicyclic) bond motifs is 3. The predicted molar refractivity (Wildman–Crippen MR) is 120 cm³/mol. The number of carboxylic acids is 1. The standard InChI is InChI=1S/C23H19N3O6S/c27-21(26-12-33-11-19(26)22(28)29)18-9-20(32-25-18)24-23(30)31-10-17-15-7-3-1-5-13(15)14-6-2-4-8-16(14)17/h1-9,17,19H,10-12H2,(H,24,30)(H,28,29)/t19-/m0/s1. The highest BCUT2D eigenvalue weighted by molar-refractivity contribution is 7.99. The number of nitrogens with zero attached hydrogens (tertiary/aromatic N) is 2. The number of aromatic nitrogens is 1. The van der Waals surface area contributed by atoms with E-state index >= 15 is 0 Å². The SMILES string of the molecule is O=C(Nc1cc(C(=O)N2CSC[C@H]2C(=O)O)no1)OCC1c2ccccc2-c2ccccc21. The van der Waals surface area contributed by atoms with E-state index < -0.39 is 24.0 Å². The highest BCUT2D eigenvalue weighted by atomic mass is 32.2. The highest BCUT2D eigenvalue weighted by Gasteiger charge is 2.36. The van der Waals surface area contributed by atoms with Crippen LogP contribution in [0.15, 0.2) is 59.1 Å². The third-order valence-corrected chi connectivity index (χ3v) is 6.74. The minimum atomic E-state index is -1.08. The van der Waals surface area contributed by atoms with Gasteiger partial charge in [0.15, 0.2) is 5.69 Å². The summed E-state index contributed by atoms with van der Waals surface area (Å²) < 4.78 is 10.5. The quantitative estimate of drug-likeness (QED) is 0.586. The zero-order chi connectivity index (χ0) is 22.9. The van der Waals surface area contributed by atoms with Crippen LogP contribution in [0, 0.1) is 0 Å². The number of amides is 2. The van der Waals surface area contributed by atoms with Gasteiger partial charge >= 0.3 is 12.1 Å². The topological polar surface area (TPSA) is 122 Å². The molecule has 5 rings (SSSR count). The Balaban J connectivity index is 1.23. The molecule has 0 unspecified atom stereocenters. The summed E-state index contributed by atoms with van der Waals surface area (Å²) >= 11 is 1.34. The van der Waals surface area contributed by atoms with E-state index in [0.29, 0.717) is 5.75 Å². The van der Waals surface area contributed by atoms with E-state index in [-0.39, 0.29) is 30.0 Å².